The first-order valence-electron chi connectivity index (χ1n) is 31.4. The van der Waals surface area contributed by atoms with Crippen molar-refractivity contribution in [1.29, 1.82) is 0 Å². The number of hydrogen-bond acceptors (Lipinski definition) is 1. The zero-order chi connectivity index (χ0) is 61.6. The molecule has 0 atom stereocenters. The van der Waals surface area contributed by atoms with Crippen molar-refractivity contribution in [2.75, 3.05) is 0 Å². The molecule has 92 heavy (non-hydrogen) atoms. The Hall–Kier alpha value is -11.5. The molecule has 2 heteroatoms. The highest BCUT2D eigenvalue weighted by molar-refractivity contribution is 7.85. The van der Waals surface area contributed by atoms with E-state index in [2.05, 4.69) is 382 Å². The highest BCUT2D eigenvalue weighted by Crippen LogP contribution is 2.46. The van der Waals surface area contributed by atoms with Crippen LogP contribution in [0, 0.1) is 0 Å². The first-order chi connectivity index (χ1) is 45.4. The zero-order valence-corrected chi connectivity index (χ0v) is 51.6. The standard InChI is InChI=1S/C90H63OP/c91-92(88-40-16-37-85(61-88)70-49-43-67(44-50-70)76-28-13-34-82(58-76)79-31-10-25-73(55-79)64-19-4-1-5-20-64,89-41-17-38-86(62-89)71-51-45-68(46-52-71)77-29-14-35-83(59-77)80-32-11-26-74(56-80)65-21-6-2-7-22-65)90-42-18-39-87(63-90)72-53-47-69(48-54-72)78-30-15-36-84(60-78)81-33-12-27-75(57-81)66-23-8-3-9-24-66/h1-63H. The summed E-state index contributed by atoms with van der Waals surface area (Å²) in [4.78, 5) is 0. The lowest BCUT2D eigenvalue weighted by Crippen LogP contribution is -2.25. The van der Waals surface area contributed by atoms with Gasteiger partial charge in [0.05, 0.1) is 0 Å². The molecule has 434 valence electrons. The van der Waals surface area contributed by atoms with E-state index in [0.29, 0.717) is 0 Å². The zero-order valence-electron chi connectivity index (χ0n) is 50.7. The van der Waals surface area contributed by atoms with E-state index in [9.17, 15) is 0 Å². The van der Waals surface area contributed by atoms with Gasteiger partial charge in [0.25, 0.3) is 0 Å². The minimum Gasteiger partial charge on any atom is -0.309 e. The fraction of sp³-hybridized carbons (Fsp3) is 0. The lowest BCUT2D eigenvalue weighted by molar-refractivity contribution is 0.592. The van der Waals surface area contributed by atoms with Gasteiger partial charge in [-0.3, -0.25) is 0 Å². The van der Waals surface area contributed by atoms with Crippen molar-refractivity contribution in [3.05, 3.63) is 382 Å². The van der Waals surface area contributed by atoms with E-state index in [1.165, 1.54) is 66.8 Å². The van der Waals surface area contributed by atoms with Crippen LogP contribution < -0.4 is 15.9 Å². The molecule has 0 saturated heterocycles. The molecule has 0 saturated carbocycles. The maximum absolute atomic E-state index is 17.0. The molecule has 0 unspecified atom stereocenters. The van der Waals surface area contributed by atoms with Gasteiger partial charge in [0, 0.05) is 15.9 Å². The topological polar surface area (TPSA) is 17.1 Å². The maximum atomic E-state index is 17.0. The van der Waals surface area contributed by atoms with Gasteiger partial charge in [0.1, 0.15) is 0 Å². The van der Waals surface area contributed by atoms with Crippen molar-refractivity contribution in [3.63, 3.8) is 0 Å². The molecule has 15 aromatic carbocycles. The van der Waals surface area contributed by atoms with Gasteiger partial charge >= 0.3 is 0 Å². The normalized spacial score (nSPS) is 11.3. The summed E-state index contributed by atoms with van der Waals surface area (Å²) in [5, 5.41) is 2.31. The van der Waals surface area contributed by atoms with Crippen LogP contribution in [0.4, 0.5) is 0 Å². The Morgan fingerprint density at radius 3 is 0.435 bits per heavy atom. The molecular weight excluding hydrogens is 1130 g/mol. The molecule has 0 bridgehead atoms. The van der Waals surface area contributed by atoms with Gasteiger partial charge < -0.3 is 4.57 Å². The van der Waals surface area contributed by atoms with Gasteiger partial charge in [-0.15, -0.1) is 0 Å². The molecule has 0 aliphatic heterocycles. The fourth-order valence-corrected chi connectivity index (χ4v) is 15.6. The van der Waals surface area contributed by atoms with Gasteiger partial charge in [-0.05, 0) is 188 Å². The molecule has 0 heterocycles. The van der Waals surface area contributed by atoms with Crippen LogP contribution in [0.25, 0.3) is 134 Å². The van der Waals surface area contributed by atoms with Crippen LogP contribution in [0.1, 0.15) is 0 Å². The smallest absolute Gasteiger partial charge is 0.171 e. The van der Waals surface area contributed by atoms with Crippen LogP contribution in [-0.4, -0.2) is 0 Å². The second-order valence-corrected chi connectivity index (χ2v) is 26.3. The van der Waals surface area contributed by atoms with Crippen LogP contribution in [-0.2, 0) is 4.57 Å². The molecular formula is C90H63OP. The summed E-state index contributed by atoms with van der Waals surface area (Å²) in [6, 6.07) is 136. The quantitative estimate of drug-likeness (QED) is 0.0935. The van der Waals surface area contributed by atoms with E-state index >= 15 is 4.57 Å². The predicted octanol–water partition coefficient (Wildman–Crippen LogP) is 23.3. The third kappa shape index (κ3) is 12.0. The van der Waals surface area contributed by atoms with Crippen LogP contribution in [0.2, 0.25) is 0 Å². The summed E-state index contributed by atoms with van der Waals surface area (Å²) in [6.45, 7) is 0. The lowest BCUT2D eigenvalue weighted by atomic mass is 9.95. The van der Waals surface area contributed by atoms with Gasteiger partial charge in [0.2, 0.25) is 0 Å². The molecule has 0 aliphatic rings. The SMILES string of the molecule is O=P(c1cccc(-c2ccc(-c3cccc(-c4cccc(-c5ccccc5)c4)c3)cc2)c1)(c1cccc(-c2ccc(-c3cccc(-c4cccc(-c5ccccc5)c4)c3)cc2)c1)c1cccc(-c2ccc(-c3cccc(-c4cccc(-c5ccccc5)c4)c3)cc2)c1. The van der Waals surface area contributed by atoms with Crippen molar-refractivity contribution in [1.82, 2.24) is 0 Å². The molecule has 0 aliphatic carbocycles. The minimum atomic E-state index is -3.57. The van der Waals surface area contributed by atoms with E-state index in [1.807, 2.05) is 0 Å². The molecule has 0 amide bonds. The summed E-state index contributed by atoms with van der Waals surface area (Å²) in [5.41, 5.74) is 27.2. The van der Waals surface area contributed by atoms with Crippen LogP contribution >= 0.6 is 7.14 Å². The van der Waals surface area contributed by atoms with Gasteiger partial charge in [0.15, 0.2) is 7.14 Å². The third-order valence-electron chi connectivity index (χ3n) is 17.8. The fourth-order valence-electron chi connectivity index (χ4n) is 12.8. The molecule has 0 N–H and O–H groups in total. The average molecular weight is 1190 g/mol. The Morgan fingerprint density at radius 1 is 0.120 bits per heavy atom. The summed E-state index contributed by atoms with van der Waals surface area (Å²) >= 11 is 0. The van der Waals surface area contributed by atoms with Gasteiger partial charge in [-0.1, -0.05) is 328 Å². The monoisotopic (exact) mass is 1190 g/mol. The number of benzene rings is 15. The Kier molecular flexibility index (Phi) is 15.8. The number of rotatable bonds is 15. The number of hydrogen-bond donors (Lipinski definition) is 0. The highest BCUT2D eigenvalue weighted by atomic mass is 31.2. The van der Waals surface area contributed by atoms with E-state index in [0.717, 1.165) is 82.7 Å². The van der Waals surface area contributed by atoms with E-state index < -0.39 is 7.14 Å². The predicted molar refractivity (Wildman–Crippen MR) is 391 cm³/mol. The van der Waals surface area contributed by atoms with Crippen LogP contribution in [0.15, 0.2) is 382 Å². The Labute approximate surface area is 540 Å². The summed E-state index contributed by atoms with van der Waals surface area (Å²) in [7, 11) is -3.57. The van der Waals surface area contributed by atoms with Crippen molar-refractivity contribution < 1.29 is 4.57 Å². The van der Waals surface area contributed by atoms with Crippen molar-refractivity contribution >= 4 is 23.1 Å². The van der Waals surface area contributed by atoms with Crippen LogP contribution in [0.5, 0.6) is 0 Å². The van der Waals surface area contributed by atoms with Gasteiger partial charge in [-0.25, -0.2) is 0 Å². The molecule has 1 nitrogen and oxygen atoms in total. The van der Waals surface area contributed by atoms with Crippen molar-refractivity contribution in [2.45, 2.75) is 0 Å². The Morgan fingerprint density at radius 2 is 0.250 bits per heavy atom. The largest absolute Gasteiger partial charge is 0.309 e. The highest BCUT2D eigenvalue weighted by Gasteiger charge is 2.31. The first kappa shape index (κ1) is 57.0. The molecule has 0 spiro atoms. The van der Waals surface area contributed by atoms with E-state index in [4.69, 9.17) is 0 Å². The van der Waals surface area contributed by atoms with Gasteiger partial charge in [-0.2, -0.15) is 0 Å². The van der Waals surface area contributed by atoms with E-state index in [1.54, 1.807) is 0 Å². The Bertz CT molecular complexity index is 4630. The molecule has 0 fully saturated rings. The van der Waals surface area contributed by atoms with E-state index in [-0.39, 0.29) is 0 Å². The summed E-state index contributed by atoms with van der Waals surface area (Å²) < 4.78 is 17.0. The molecule has 15 aromatic rings. The first-order valence-corrected chi connectivity index (χ1v) is 33.1. The molecule has 0 radical (unpaired) electrons. The third-order valence-corrected chi connectivity index (χ3v) is 20.8. The Balaban J connectivity index is 0.752. The minimum absolute atomic E-state index is 0.771. The second kappa shape index (κ2) is 25.6. The molecule has 0 aromatic heterocycles. The summed E-state index contributed by atoms with van der Waals surface area (Å²) in [6.07, 6.45) is 0. The second-order valence-electron chi connectivity index (χ2n) is 23.6. The summed E-state index contributed by atoms with van der Waals surface area (Å²) in [5.74, 6) is 0. The maximum Gasteiger partial charge on any atom is 0.171 e. The van der Waals surface area contributed by atoms with Crippen molar-refractivity contribution in [2.24, 2.45) is 0 Å². The molecule has 15 rings (SSSR count). The average Bonchev–Trinajstić information content (AvgIpc) is 0.891. The lowest BCUT2D eigenvalue weighted by Gasteiger charge is -2.22. The van der Waals surface area contributed by atoms with Crippen LogP contribution in [0.3, 0.4) is 0 Å². The van der Waals surface area contributed by atoms with Crippen molar-refractivity contribution in [3.8, 4) is 134 Å².